The van der Waals surface area contributed by atoms with E-state index in [1.165, 1.54) is 9.59 Å². The Morgan fingerprint density at radius 3 is 1.97 bits per heavy atom. The first-order valence-electron chi connectivity index (χ1n) is 10.7. The Balaban J connectivity index is 1.51. The van der Waals surface area contributed by atoms with E-state index in [-0.39, 0.29) is 23.6 Å². The SMILES string of the molecule is C=C(/C(O)=C(\C=C/C)Cc1cccc(-n2nc3ccccc3n2)c1O)n1nc2ccccc2n1. The highest BCUT2D eigenvalue weighted by atomic mass is 16.3. The number of hydrogen-bond acceptors (Lipinski definition) is 6. The van der Waals surface area contributed by atoms with E-state index in [1.807, 2.05) is 67.6 Å². The van der Waals surface area contributed by atoms with E-state index in [2.05, 4.69) is 27.0 Å². The average molecular weight is 451 g/mol. The molecule has 0 fully saturated rings. The molecule has 3 aromatic carbocycles. The van der Waals surface area contributed by atoms with Gasteiger partial charge in [-0.1, -0.05) is 55.1 Å². The third kappa shape index (κ3) is 3.81. The smallest absolute Gasteiger partial charge is 0.146 e. The van der Waals surface area contributed by atoms with Gasteiger partial charge in [0, 0.05) is 17.6 Å². The highest BCUT2D eigenvalue weighted by Crippen LogP contribution is 2.30. The molecule has 0 saturated carbocycles. The second kappa shape index (κ2) is 8.67. The molecule has 0 amide bonds. The highest BCUT2D eigenvalue weighted by molar-refractivity contribution is 5.75. The van der Waals surface area contributed by atoms with E-state index in [4.69, 9.17) is 0 Å². The van der Waals surface area contributed by atoms with Gasteiger partial charge in [0.25, 0.3) is 0 Å². The molecule has 0 aliphatic heterocycles. The molecule has 0 saturated heterocycles. The zero-order valence-electron chi connectivity index (χ0n) is 18.5. The van der Waals surface area contributed by atoms with Gasteiger partial charge in [0.05, 0.1) is 0 Å². The number of phenols is 1. The third-order valence-corrected chi connectivity index (χ3v) is 5.45. The standard InChI is InChI=1S/C26H22N6O2/c1-3-9-18(25(33)17(2)31-27-20-11-4-5-12-21(20)28-31)16-19-10-8-15-24(26(19)34)32-29-22-13-6-7-14-23(22)30-32/h3-15,33-34H,2,16H2,1H3/b9-3-,25-18-. The third-order valence-electron chi connectivity index (χ3n) is 5.45. The molecule has 2 N–H and O–H groups in total. The maximum absolute atomic E-state index is 11.0. The van der Waals surface area contributed by atoms with Crippen LogP contribution in [0.15, 0.2) is 96.8 Å². The lowest BCUT2D eigenvalue weighted by Gasteiger charge is -2.12. The number of para-hydroxylation sites is 1. The van der Waals surface area contributed by atoms with Crippen molar-refractivity contribution in [3.05, 3.63) is 102 Å². The summed E-state index contributed by atoms with van der Waals surface area (Å²) >= 11 is 0. The van der Waals surface area contributed by atoms with Crippen LogP contribution in [0.25, 0.3) is 33.5 Å². The summed E-state index contributed by atoms with van der Waals surface area (Å²) in [5.74, 6) is -0.0302. The van der Waals surface area contributed by atoms with Crippen LogP contribution in [-0.4, -0.2) is 40.2 Å². The fourth-order valence-corrected chi connectivity index (χ4v) is 3.74. The normalized spacial score (nSPS) is 12.5. The molecule has 0 radical (unpaired) electrons. The Bertz CT molecular complexity index is 1530. The van der Waals surface area contributed by atoms with Gasteiger partial charge >= 0.3 is 0 Å². The van der Waals surface area contributed by atoms with Crippen LogP contribution >= 0.6 is 0 Å². The minimum atomic E-state index is -0.0637. The summed E-state index contributed by atoms with van der Waals surface area (Å²) in [4.78, 5) is 2.74. The molecular weight excluding hydrogens is 428 g/mol. The van der Waals surface area contributed by atoms with E-state index in [9.17, 15) is 10.2 Å². The quantitative estimate of drug-likeness (QED) is 0.280. The number of nitrogens with zero attached hydrogens (tertiary/aromatic N) is 6. The molecule has 5 rings (SSSR count). The number of aliphatic hydroxyl groups is 1. The van der Waals surface area contributed by atoms with Gasteiger partial charge in [-0.3, -0.25) is 0 Å². The lowest BCUT2D eigenvalue weighted by molar-refractivity contribution is 0.421. The van der Waals surface area contributed by atoms with Crippen molar-refractivity contribution in [3.63, 3.8) is 0 Å². The Morgan fingerprint density at radius 2 is 1.41 bits per heavy atom. The van der Waals surface area contributed by atoms with Gasteiger partial charge < -0.3 is 10.2 Å². The second-order valence-corrected chi connectivity index (χ2v) is 7.74. The Labute approximate surface area is 195 Å². The summed E-state index contributed by atoms with van der Waals surface area (Å²) in [6.45, 7) is 5.84. The number of aromatic hydroxyl groups is 1. The average Bonchev–Trinajstić information content (AvgIpc) is 3.48. The monoisotopic (exact) mass is 450 g/mol. The predicted molar refractivity (Wildman–Crippen MR) is 132 cm³/mol. The van der Waals surface area contributed by atoms with E-state index in [1.54, 1.807) is 18.2 Å². The Hall–Kier alpha value is -4.72. The fourth-order valence-electron chi connectivity index (χ4n) is 3.74. The zero-order chi connectivity index (χ0) is 23.7. The summed E-state index contributed by atoms with van der Waals surface area (Å²) in [7, 11) is 0. The van der Waals surface area contributed by atoms with Gasteiger partial charge in [0.1, 0.15) is 45.0 Å². The molecule has 8 nitrogen and oxygen atoms in total. The lowest BCUT2D eigenvalue weighted by Crippen LogP contribution is -2.06. The number of fused-ring (bicyclic) bond motifs is 2. The number of aliphatic hydroxyl groups excluding tert-OH is 1. The lowest BCUT2D eigenvalue weighted by atomic mass is 10.0. The number of rotatable bonds is 6. The van der Waals surface area contributed by atoms with Crippen molar-refractivity contribution in [1.82, 2.24) is 30.0 Å². The maximum Gasteiger partial charge on any atom is 0.146 e. The van der Waals surface area contributed by atoms with E-state index < -0.39 is 0 Å². The molecule has 0 spiro atoms. The maximum atomic E-state index is 11.0. The molecule has 0 atom stereocenters. The molecule has 0 aliphatic carbocycles. The first-order chi connectivity index (χ1) is 16.5. The minimum Gasteiger partial charge on any atom is -0.505 e. The first-order valence-corrected chi connectivity index (χ1v) is 10.7. The van der Waals surface area contributed by atoms with Crippen molar-refractivity contribution >= 4 is 27.8 Å². The number of phenolic OH excluding ortho intramolecular Hbond substituents is 1. The highest BCUT2D eigenvalue weighted by Gasteiger charge is 2.17. The fraction of sp³-hybridized carbons (Fsp3) is 0.0769. The molecule has 2 aromatic heterocycles. The molecule has 8 heteroatoms. The van der Waals surface area contributed by atoms with Crippen LogP contribution < -0.4 is 0 Å². The second-order valence-electron chi connectivity index (χ2n) is 7.74. The van der Waals surface area contributed by atoms with Gasteiger partial charge in [-0.05, 0) is 37.3 Å². The number of benzene rings is 3. The van der Waals surface area contributed by atoms with Crippen LogP contribution in [0.3, 0.4) is 0 Å². The van der Waals surface area contributed by atoms with Crippen molar-refractivity contribution in [3.8, 4) is 11.4 Å². The Morgan fingerprint density at radius 1 is 0.853 bits per heavy atom. The number of allylic oxidation sites excluding steroid dienone is 4. The van der Waals surface area contributed by atoms with E-state index in [0.29, 0.717) is 27.9 Å². The summed E-state index contributed by atoms with van der Waals surface area (Å²) in [5.41, 5.74) is 4.71. The number of aromatic nitrogens is 6. The molecule has 5 aromatic rings. The molecular formula is C26H22N6O2. The van der Waals surface area contributed by atoms with Crippen LogP contribution in [0.5, 0.6) is 5.75 Å². The van der Waals surface area contributed by atoms with Crippen molar-refractivity contribution in [2.45, 2.75) is 13.3 Å². The van der Waals surface area contributed by atoms with Gasteiger partial charge in [-0.25, -0.2) is 0 Å². The molecule has 168 valence electrons. The van der Waals surface area contributed by atoms with Crippen molar-refractivity contribution in [2.24, 2.45) is 0 Å². The van der Waals surface area contributed by atoms with Crippen molar-refractivity contribution < 1.29 is 10.2 Å². The summed E-state index contributed by atoms with van der Waals surface area (Å²) in [6.07, 6.45) is 3.83. The predicted octanol–water partition coefficient (Wildman–Crippen LogP) is 4.97. The van der Waals surface area contributed by atoms with E-state index >= 15 is 0 Å². The number of hydrogen-bond donors (Lipinski definition) is 2. The van der Waals surface area contributed by atoms with Crippen LogP contribution in [0, 0.1) is 0 Å². The molecule has 34 heavy (non-hydrogen) atoms. The Kier molecular flexibility index (Phi) is 5.39. The van der Waals surface area contributed by atoms with Crippen LogP contribution in [0.1, 0.15) is 12.5 Å². The topological polar surface area (TPSA) is 102 Å². The van der Waals surface area contributed by atoms with Crippen molar-refractivity contribution in [2.75, 3.05) is 0 Å². The van der Waals surface area contributed by atoms with Crippen LogP contribution in [0.2, 0.25) is 0 Å². The largest absolute Gasteiger partial charge is 0.505 e. The summed E-state index contributed by atoms with van der Waals surface area (Å²) in [5, 5.41) is 39.8. The van der Waals surface area contributed by atoms with Crippen molar-refractivity contribution in [1.29, 1.82) is 0 Å². The zero-order valence-corrected chi connectivity index (χ0v) is 18.5. The van der Waals surface area contributed by atoms with Gasteiger partial charge in [0.15, 0.2) is 0 Å². The molecule has 2 heterocycles. The van der Waals surface area contributed by atoms with Gasteiger partial charge in [-0.2, -0.15) is 0 Å². The van der Waals surface area contributed by atoms with Gasteiger partial charge in [-0.15, -0.1) is 30.0 Å². The van der Waals surface area contributed by atoms with Crippen LogP contribution in [0.4, 0.5) is 0 Å². The summed E-state index contributed by atoms with van der Waals surface area (Å²) in [6, 6.07) is 20.3. The molecule has 0 bridgehead atoms. The molecule has 0 aliphatic rings. The van der Waals surface area contributed by atoms with E-state index in [0.717, 1.165) is 11.0 Å². The molecule has 0 unspecified atom stereocenters. The first kappa shape index (κ1) is 21.1. The summed E-state index contributed by atoms with van der Waals surface area (Å²) < 4.78 is 0. The van der Waals surface area contributed by atoms with Crippen LogP contribution in [-0.2, 0) is 6.42 Å². The minimum absolute atomic E-state index is 0.0335. The van der Waals surface area contributed by atoms with Gasteiger partial charge in [0.2, 0.25) is 0 Å².